The second-order valence-corrected chi connectivity index (χ2v) is 7.73. The number of rotatable bonds is 4. The lowest BCUT2D eigenvalue weighted by Crippen LogP contribution is -2.47. The fourth-order valence-corrected chi connectivity index (χ4v) is 4.55. The quantitative estimate of drug-likeness (QED) is 0.811. The summed E-state index contributed by atoms with van der Waals surface area (Å²) in [5, 5.41) is 0. The molecule has 2 saturated heterocycles. The fraction of sp³-hybridized carbons (Fsp3) is 0.500. The minimum Gasteiger partial charge on any atom is -0.424 e. The van der Waals surface area contributed by atoms with Crippen LogP contribution in [0.3, 0.4) is 0 Å². The third-order valence-electron chi connectivity index (χ3n) is 5.89. The van der Waals surface area contributed by atoms with E-state index in [0.29, 0.717) is 18.1 Å². The standard InChI is InChI=1S/C22H28N4O2/c1-17(27)26-15-11-20-21(26)6-3-2-4-14-25(20)16-18-7-9-19(10-8-18)28-22-23-12-5-13-24-22/h5,7-10,12-13,20-21H,2-4,6,11,14-16H2,1H3/t20-,21+/m0/s1. The van der Waals surface area contributed by atoms with E-state index in [1.54, 1.807) is 25.4 Å². The molecule has 6 heteroatoms. The molecule has 1 amide bonds. The summed E-state index contributed by atoms with van der Waals surface area (Å²) in [5.41, 5.74) is 1.27. The van der Waals surface area contributed by atoms with Crippen LogP contribution < -0.4 is 4.74 Å². The largest absolute Gasteiger partial charge is 0.424 e. The monoisotopic (exact) mass is 380 g/mol. The van der Waals surface area contributed by atoms with Gasteiger partial charge in [-0.15, -0.1) is 0 Å². The molecule has 0 aliphatic carbocycles. The molecule has 3 heterocycles. The van der Waals surface area contributed by atoms with E-state index in [9.17, 15) is 4.79 Å². The van der Waals surface area contributed by atoms with Crippen LogP contribution in [0.2, 0.25) is 0 Å². The Kier molecular flexibility index (Phi) is 5.86. The second kappa shape index (κ2) is 8.69. The molecular formula is C22H28N4O2. The van der Waals surface area contributed by atoms with Gasteiger partial charge in [0.2, 0.25) is 5.91 Å². The van der Waals surface area contributed by atoms with Crippen molar-refractivity contribution in [3.63, 3.8) is 0 Å². The molecule has 2 aliphatic rings. The fourth-order valence-electron chi connectivity index (χ4n) is 4.55. The predicted octanol–water partition coefficient (Wildman–Crippen LogP) is 3.63. The molecule has 1 aromatic carbocycles. The molecule has 0 radical (unpaired) electrons. The van der Waals surface area contributed by atoms with Crippen molar-refractivity contribution in [1.82, 2.24) is 19.8 Å². The molecule has 2 fully saturated rings. The number of aromatic nitrogens is 2. The molecule has 2 aliphatic heterocycles. The highest BCUT2D eigenvalue weighted by Crippen LogP contribution is 2.31. The van der Waals surface area contributed by atoms with Gasteiger partial charge in [-0.05, 0) is 49.6 Å². The number of likely N-dealkylation sites (tertiary alicyclic amines) is 2. The Labute approximate surface area is 166 Å². The van der Waals surface area contributed by atoms with Crippen LogP contribution in [0.1, 0.15) is 44.6 Å². The smallest absolute Gasteiger partial charge is 0.321 e. The zero-order valence-corrected chi connectivity index (χ0v) is 16.5. The molecule has 4 rings (SSSR count). The van der Waals surface area contributed by atoms with Crippen LogP contribution in [0.15, 0.2) is 42.7 Å². The van der Waals surface area contributed by atoms with Crippen LogP contribution >= 0.6 is 0 Å². The Morgan fingerprint density at radius 3 is 2.57 bits per heavy atom. The maximum Gasteiger partial charge on any atom is 0.321 e. The molecule has 6 nitrogen and oxygen atoms in total. The second-order valence-electron chi connectivity index (χ2n) is 7.73. The van der Waals surface area contributed by atoms with Crippen molar-refractivity contribution in [3.05, 3.63) is 48.3 Å². The zero-order valence-electron chi connectivity index (χ0n) is 16.5. The number of fused-ring (bicyclic) bond motifs is 1. The minimum absolute atomic E-state index is 0.220. The summed E-state index contributed by atoms with van der Waals surface area (Å²) in [4.78, 5) is 24.9. The summed E-state index contributed by atoms with van der Waals surface area (Å²) >= 11 is 0. The van der Waals surface area contributed by atoms with Crippen LogP contribution in [0.25, 0.3) is 0 Å². The van der Waals surface area contributed by atoms with Crippen molar-refractivity contribution in [2.75, 3.05) is 13.1 Å². The van der Waals surface area contributed by atoms with Crippen molar-refractivity contribution < 1.29 is 9.53 Å². The summed E-state index contributed by atoms with van der Waals surface area (Å²) in [6.07, 6.45) is 9.25. The third kappa shape index (κ3) is 4.33. The van der Waals surface area contributed by atoms with Crippen molar-refractivity contribution in [2.45, 2.75) is 57.7 Å². The number of carbonyl (C=O) groups excluding carboxylic acids is 1. The third-order valence-corrected chi connectivity index (χ3v) is 5.89. The van der Waals surface area contributed by atoms with Gasteiger partial charge in [-0.1, -0.05) is 25.0 Å². The molecule has 0 unspecified atom stereocenters. The molecule has 0 spiro atoms. The Morgan fingerprint density at radius 2 is 1.82 bits per heavy atom. The van der Waals surface area contributed by atoms with Gasteiger partial charge in [-0.25, -0.2) is 9.97 Å². The average Bonchev–Trinajstić information content (AvgIpc) is 3.10. The lowest BCUT2D eigenvalue weighted by atomic mass is 9.96. The first-order valence-corrected chi connectivity index (χ1v) is 10.3. The molecule has 28 heavy (non-hydrogen) atoms. The highest BCUT2D eigenvalue weighted by Gasteiger charge is 2.39. The summed E-state index contributed by atoms with van der Waals surface area (Å²) < 4.78 is 5.69. The van der Waals surface area contributed by atoms with E-state index in [1.165, 1.54) is 24.8 Å². The van der Waals surface area contributed by atoms with E-state index in [1.807, 2.05) is 12.1 Å². The van der Waals surface area contributed by atoms with Crippen molar-refractivity contribution >= 4 is 5.91 Å². The lowest BCUT2D eigenvalue weighted by molar-refractivity contribution is -0.130. The van der Waals surface area contributed by atoms with Gasteiger partial charge in [0, 0.05) is 44.5 Å². The number of hydrogen-bond donors (Lipinski definition) is 0. The van der Waals surface area contributed by atoms with Crippen LogP contribution in [0.5, 0.6) is 11.8 Å². The number of carbonyl (C=O) groups is 1. The SMILES string of the molecule is CC(=O)N1CC[C@H]2[C@H]1CCCCCN2Cc1ccc(Oc2ncccn2)cc1. The first-order chi connectivity index (χ1) is 13.7. The molecule has 148 valence electrons. The highest BCUT2D eigenvalue weighted by molar-refractivity contribution is 5.74. The number of amides is 1. The van der Waals surface area contributed by atoms with Crippen LogP contribution in [0.4, 0.5) is 0 Å². The number of benzene rings is 1. The average molecular weight is 380 g/mol. The molecule has 0 bridgehead atoms. The van der Waals surface area contributed by atoms with Crippen molar-refractivity contribution in [3.8, 4) is 11.8 Å². The van der Waals surface area contributed by atoms with Gasteiger partial charge in [0.05, 0.1) is 0 Å². The first kappa shape index (κ1) is 18.9. The first-order valence-electron chi connectivity index (χ1n) is 10.3. The van der Waals surface area contributed by atoms with E-state index in [0.717, 1.165) is 38.2 Å². The zero-order chi connectivity index (χ0) is 19.3. The van der Waals surface area contributed by atoms with E-state index in [-0.39, 0.29) is 5.91 Å². The number of ether oxygens (including phenoxy) is 1. The normalized spacial score (nSPS) is 23.0. The Morgan fingerprint density at radius 1 is 1.04 bits per heavy atom. The molecule has 0 saturated carbocycles. The van der Waals surface area contributed by atoms with Gasteiger partial charge in [0.15, 0.2) is 0 Å². The van der Waals surface area contributed by atoms with Gasteiger partial charge in [0.25, 0.3) is 0 Å². The molecule has 2 atom stereocenters. The van der Waals surface area contributed by atoms with Gasteiger partial charge in [0.1, 0.15) is 5.75 Å². The number of hydrogen-bond acceptors (Lipinski definition) is 5. The van der Waals surface area contributed by atoms with Gasteiger partial charge >= 0.3 is 6.01 Å². The summed E-state index contributed by atoms with van der Waals surface area (Å²) in [5.74, 6) is 0.960. The van der Waals surface area contributed by atoms with Crippen LogP contribution in [-0.4, -0.2) is 50.8 Å². The van der Waals surface area contributed by atoms with Crippen LogP contribution in [-0.2, 0) is 11.3 Å². The van der Waals surface area contributed by atoms with E-state index in [4.69, 9.17) is 4.74 Å². The maximum absolute atomic E-state index is 12.0. The van der Waals surface area contributed by atoms with E-state index < -0.39 is 0 Å². The Hall–Kier alpha value is -2.47. The highest BCUT2D eigenvalue weighted by atomic mass is 16.5. The Balaban J connectivity index is 1.44. The maximum atomic E-state index is 12.0. The van der Waals surface area contributed by atoms with Gasteiger partial charge in [-0.3, -0.25) is 9.69 Å². The summed E-state index contributed by atoms with van der Waals surface area (Å²) in [6.45, 7) is 4.61. The van der Waals surface area contributed by atoms with Crippen molar-refractivity contribution in [1.29, 1.82) is 0 Å². The van der Waals surface area contributed by atoms with E-state index in [2.05, 4.69) is 31.9 Å². The summed E-state index contributed by atoms with van der Waals surface area (Å²) in [7, 11) is 0. The van der Waals surface area contributed by atoms with Gasteiger partial charge in [-0.2, -0.15) is 0 Å². The van der Waals surface area contributed by atoms with Crippen LogP contribution in [0, 0.1) is 0 Å². The van der Waals surface area contributed by atoms with Gasteiger partial charge < -0.3 is 9.64 Å². The lowest BCUT2D eigenvalue weighted by Gasteiger charge is -2.37. The van der Waals surface area contributed by atoms with Crippen molar-refractivity contribution in [2.24, 2.45) is 0 Å². The Bertz CT molecular complexity index is 781. The summed E-state index contributed by atoms with van der Waals surface area (Å²) in [6, 6.07) is 11.1. The number of nitrogens with zero attached hydrogens (tertiary/aromatic N) is 4. The molecule has 0 N–H and O–H groups in total. The minimum atomic E-state index is 0.220. The molecular weight excluding hydrogens is 352 g/mol. The predicted molar refractivity (Wildman–Crippen MR) is 107 cm³/mol. The molecule has 1 aromatic heterocycles. The molecule has 2 aromatic rings. The topological polar surface area (TPSA) is 58.6 Å². The van der Waals surface area contributed by atoms with E-state index >= 15 is 0 Å².